The summed E-state index contributed by atoms with van der Waals surface area (Å²) in [6, 6.07) is 22.1. The standard InChI is InChI=1S/C20H16N2O/c23-20(13-14-8-9-18-16(12-14)10-11-21-18)22-19-7-3-5-15-4-1-2-6-17(15)19/h1-12,21H,13H2,(H,22,23). The van der Waals surface area contributed by atoms with E-state index >= 15 is 0 Å². The number of aromatic nitrogens is 1. The van der Waals surface area contributed by atoms with Crippen LogP contribution >= 0.6 is 0 Å². The fraction of sp³-hybridized carbons (Fsp3) is 0.0500. The number of nitrogens with one attached hydrogen (secondary N) is 2. The Kier molecular flexibility index (Phi) is 3.31. The third kappa shape index (κ3) is 2.69. The predicted molar refractivity (Wildman–Crippen MR) is 94.6 cm³/mol. The largest absolute Gasteiger partial charge is 0.361 e. The van der Waals surface area contributed by atoms with Crippen LogP contribution < -0.4 is 5.32 Å². The maximum atomic E-state index is 12.4. The van der Waals surface area contributed by atoms with Crippen molar-refractivity contribution in [2.45, 2.75) is 6.42 Å². The average Bonchev–Trinajstić information content (AvgIpc) is 3.03. The Morgan fingerprint density at radius 1 is 0.913 bits per heavy atom. The zero-order valence-electron chi connectivity index (χ0n) is 12.5. The van der Waals surface area contributed by atoms with E-state index in [0.29, 0.717) is 6.42 Å². The molecule has 0 saturated heterocycles. The minimum Gasteiger partial charge on any atom is -0.361 e. The molecule has 2 N–H and O–H groups in total. The maximum Gasteiger partial charge on any atom is 0.228 e. The number of carbonyl (C=O) groups excluding carboxylic acids is 1. The number of carbonyl (C=O) groups is 1. The SMILES string of the molecule is O=C(Cc1ccc2[nH]ccc2c1)Nc1cccc2ccccc12. The van der Waals surface area contributed by atoms with Gasteiger partial charge < -0.3 is 10.3 Å². The molecule has 1 aromatic heterocycles. The molecule has 0 aliphatic heterocycles. The van der Waals surface area contributed by atoms with Crippen molar-refractivity contribution in [3.8, 4) is 0 Å². The number of H-pyrrole nitrogens is 1. The predicted octanol–water partition coefficient (Wildman–Crippen LogP) is 4.50. The van der Waals surface area contributed by atoms with Gasteiger partial charge in [-0.15, -0.1) is 0 Å². The summed E-state index contributed by atoms with van der Waals surface area (Å²) in [6.07, 6.45) is 2.27. The van der Waals surface area contributed by atoms with Crippen molar-refractivity contribution in [2.75, 3.05) is 5.32 Å². The first-order valence-electron chi connectivity index (χ1n) is 7.63. The minimum absolute atomic E-state index is 0.00348. The van der Waals surface area contributed by atoms with Crippen molar-refractivity contribution in [1.29, 1.82) is 0 Å². The first kappa shape index (κ1) is 13.6. The molecule has 4 aromatic rings. The van der Waals surface area contributed by atoms with Gasteiger partial charge in [-0.2, -0.15) is 0 Å². The average molecular weight is 300 g/mol. The van der Waals surface area contributed by atoms with Crippen molar-refractivity contribution in [2.24, 2.45) is 0 Å². The van der Waals surface area contributed by atoms with Gasteiger partial charge in [0.2, 0.25) is 5.91 Å². The van der Waals surface area contributed by atoms with E-state index in [1.165, 1.54) is 0 Å². The summed E-state index contributed by atoms with van der Waals surface area (Å²) in [5.41, 5.74) is 2.95. The first-order valence-corrected chi connectivity index (χ1v) is 7.63. The topological polar surface area (TPSA) is 44.9 Å². The molecule has 23 heavy (non-hydrogen) atoms. The van der Waals surface area contributed by atoms with Gasteiger partial charge in [0.25, 0.3) is 0 Å². The quantitative estimate of drug-likeness (QED) is 0.575. The van der Waals surface area contributed by atoms with Crippen molar-refractivity contribution < 1.29 is 4.79 Å². The Balaban J connectivity index is 1.57. The van der Waals surface area contributed by atoms with E-state index in [1.807, 2.05) is 66.9 Å². The van der Waals surface area contributed by atoms with E-state index in [4.69, 9.17) is 0 Å². The Hall–Kier alpha value is -3.07. The maximum absolute atomic E-state index is 12.4. The smallest absolute Gasteiger partial charge is 0.228 e. The summed E-state index contributed by atoms with van der Waals surface area (Å²) in [5, 5.41) is 6.34. The Morgan fingerprint density at radius 2 is 1.78 bits per heavy atom. The van der Waals surface area contributed by atoms with E-state index in [0.717, 1.165) is 32.9 Å². The fourth-order valence-electron chi connectivity index (χ4n) is 2.93. The molecule has 112 valence electrons. The van der Waals surface area contributed by atoms with Crippen LogP contribution in [0.3, 0.4) is 0 Å². The second-order valence-electron chi connectivity index (χ2n) is 5.65. The number of benzene rings is 3. The van der Waals surface area contributed by atoms with Crippen LogP contribution in [0.2, 0.25) is 0 Å². The monoisotopic (exact) mass is 300 g/mol. The molecule has 0 spiro atoms. The highest BCUT2D eigenvalue weighted by Gasteiger charge is 2.07. The highest BCUT2D eigenvalue weighted by Crippen LogP contribution is 2.23. The lowest BCUT2D eigenvalue weighted by atomic mass is 10.1. The van der Waals surface area contributed by atoms with Gasteiger partial charge in [-0.25, -0.2) is 0 Å². The van der Waals surface area contributed by atoms with Gasteiger partial charge in [0.05, 0.1) is 6.42 Å². The van der Waals surface area contributed by atoms with E-state index in [9.17, 15) is 4.79 Å². The van der Waals surface area contributed by atoms with E-state index < -0.39 is 0 Å². The van der Waals surface area contributed by atoms with E-state index in [-0.39, 0.29) is 5.91 Å². The zero-order valence-corrected chi connectivity index (χ0v) is 12.5. The highest BCUT2D eigenvalue weighted by atomic mass is 16.1. The molecule has 0 aliphatic carbocycles. The molecule has 0 fully saturated rings. The van der Waals surface area contributed by atoms with Crippen LogP contribution in [0.4, 0.5) is 5.69 Å². The lowest BCUT2D eigenvalue weighted by molar-refractivity contribution is -0.115. The minimum atomic E-state index is -0.00348. The molecule has 3 aromatic carbocycles. The Bertz CT molecular complexity index is 995. The summed E-state index contributed by atoms with van der Waals surface area (Å²) < 4.78 is 0. The van der Waals surface area contributed by atoms with Crippen LogP contribution in [0, 0.1) is 0 Å². The van der Waals surface area contributed by atoms with Crippen molar-refractivity contribution in [3.63, 3.8) is 0 Å². The number of amides is 1. The molecule has 3 nitrogen and oxygen atoms in total. The molecule has 4 rings (SSSR count). The van der Waals surface area contributed by atoms with Gasteiger partial charge in [-0.05, 0) is 40.6 Å². The lowest BCUT2D eigenvalue weighted by Gasteiger charge is -2.09. The second-order valence-corrected chi connectivity index (χ2v) is 5.65. The summed E-state index contributed by atoms with van der Waals surface area (Å²) in [4.78, 5) is 15.5. The van der Waals surface area contributed by atoms with Gasteiger partial charge in [0, 0.05) is 22.8 Å². The summed E-state index contributed by atoms with van der Waals surface area (Å²) in [5.74, 6) is -0.00348. The molecule has 0 aliphatic rings. The first-order chi connectivity index (χ1) is 11.3. The van der Waals surface area contributed by atoms with Crippen molar-refractivity contribution in [3.05, 3.63) is 78.5 Å². The van der Waals surface area contributed by atoms with Crippen LogP contribution in [-0.2, 0) is 11.2 Å². The molecule has 1 heterocycles. The third-order valence-corrected chi connectivity index (χ3v) is 4.05. The second kappa shape index (κ2) is 5.61. The lowest BCUT2D eigenvalue weighted by Crippen LogP contribution is -2.14. The van der Waals surface area contributed by atoms with Gasteiger partial charge in [-0.3, -0.25) is 4.79 Å². The molecule has 0 bridgehead atoms. The summed E-state index contributed by atoms with van der Waals surface area (Å²) in [7, 11) is 0. The van der Waals surface area contributed by atoms with Crippen molar-refractivity contribution >= 4 is 33.3 Å². The molecule has 0 atom stereocenters. The number of aromatic amines is 1. The number of anilines is 1. The summed E-state index contributed by atoms with van der Waals surface area (Å²) in [6.45, 7) is 0. The molecule has 0 saturated carbocycles. The Labute approximate surface area is 134 Å². The number of hydrogen-bond acceptors (Lipinski definition) is 1. The van der Waals surface area contributed by atoms with Crippen LogP contribution in [0.25, 0.3) is 21.7 Å². The molecular formula is C20H16N2O. The normalized spacial score (nSPS) is 11.0. The molecule has 0 radical (unpaired) electrons. The van der Waals surface area contributed by atoms with Crippen molar-refractivity contribution in [1.82, 2.24) is 4.98 Å². The van der Waals surface area contributed by atoms with Gasteiger partial charge in [0.15, 0.2) is 0 Å². The van der Waals surface area contributed by atoms with Gasteiger partial charge in [-0.1, -0.05) is 42.5 Å². The highest BCUT2D eigenvalue weighted by molar-refractivity contribution is 6.02. The summed E-state index contributed by atoms with van der Waals surface area (Å²) >= 11 is 0. The number of rotatable bonds is 3. The number of fused-ring (bicyclic) bond motifs is 2. The Morgan fingerprint density at radius 3 is 2.74 bits per heavy atom. The van der Waals surface area contributed by atoms with E-state index in [1.54, 1.807) is 0 Å². The number of hydrogen-bond donors (Lipinski definition) is 2. The van der Waals surface area contributed by atoms with Gasteiger partial charge in [0.1, 0.15) is 0 Å². The van der Waals surface area contributed by atoms with E-state index in [2.05, 4.69) is 16.4 Å². The molecule has 0 unspecified atom stereocenters. The zero-order chi connectivity index (χ0) is 15.6. The van der Waals surface area contributed by atoms with Crippen LogP contribution in [0.5, 0.6) is 0 Å². The third-order valence-electron chi connectivity index (χ3n) is 4.05. The van der Waals surface area contributed by atoms with Crippen LogP contribution in [0.1, 0.15) is 5.56 Å². The fourth-order valence-corrected chi connectivity index (χ4v) is 2.93. The molecule has 3 heteroatoms. The van der Waals surface area contributed by atoms with Crippen LogP contribution in [0.15, 0.2) is 72.9 Å². The molecule has 1 amide bonds. The van der Waals surface area contributed by atoms with Gasteiger partial charge >= 0.3 is 0 Å². The molecular weight excluding hydrogens is 284 g/mol. The van der Waals surface area contributed by atoms with Crippen LogP contribution in [-0.4, -0.2) is 10.9 Å².